The highest BCUT2D eigenvalue weighted by Crippen LogP contribution is 2.06. The van der Waals surface area contributed by atoms with Crippen LogP contribution in [0.25, 0.3) is 0 Å². The van der Waals surface area contributed by atoms with E-state index >= 15 is 0 Å². The number of rotatable bonds is 3. The van der Waals surface area contributed by atoms with Gasteiger partial charge in [0.1, 0.15) is 0 Å². The molecule has 0 N–H and O–H groups in total. The first kappa shape index (κ1) is 10.2. The fourth-order valence-electron chi connectivity index (χ4n) is 0.878. The molecule has 0 bridgehead atoms. The number of imidazole rings is 1. The van der Waals surface area contributed by atoms with Gasteiger partial charge in [-0.3, -0.25) is 4.79 Å². The first-order chi connectivity index (χ1) is 5.91. The smallest absolute Gasteiger partial charge is 0.241 e. The van der Waals surface area contributed by atoms with Crippen LogP contribution in [0.4, 0.5) is 0 Å². The lowest BCUT2D eigenvalue weighted by atomic mass is 10.7. The van der Waals surface area contributed by atoms with Gasteiger partial charge in [0.25, 0.3) is 0 Å². The van der Waals surface area contributed by atoms with E-state index in [1.54, 1.807) is 0 Å². The van der Waals surface area contributed by atoms with Crippen LogP contribution in [0.15, 0.2) is 17.6 Å². The number of hydrogen-bond acceptors (Lipinski definition) is 4. The Labute approximate surface area is 80.3 Å². The van der Waals surface area contributed by atoms with Crippen LogP contribution in [-0.2, 0) is 21.2 Å². The number of aromatic nitrogens is 2. The molecule has 0 atom stereocenters. The summed E-state index contributed by atoms with van der Waals surface area (Å²) in [5.41, 5.74) is 0. The lowest BCUT2D eigenvalue weighted by Gasteiger charge is -2.01. The molecule has 1 heterocycles. The van der Waals surface area contributed by atoms with E-state index < -0.39 is 15.1 Å². The van der Waals surface area contributed by atoms with Gasteiger partial charge >= 0.3 is 0 Å². The Morgan fingerprint density at radius 2 is 2.31 bits per heavy atom. The second kappa shape index (κ2) is 3.47. The van der Waals surface area contributed by atoms with Crippen molar-refractivity contribution in [1.29, 1.82) is 0 Å². The quantitative estimate of drug-likeness (QED) is 0.678. The molecular formula is C6H7ClN2O3S. The van der Waals surface area contributed by atoms with Gasteiger partial charge in [-0.2, -0.15) is 0 Å². The van der Waals surface area contributed by atoms with Crippen LogP contribution in [0.3, 0.4) is 0 Å². The van der Waals surface area contributed by atoms with Crippen molar-refractivity contribution in [3.8, 4) is 0 Å². The first-order valence-corrected chi connectivity index (χ1v) is 5.57. The molecule has 1 aromatic rings. The Kier molecular flexibility index (Phi) is 2.72. The zero-order valence-corrected chi connectivity index (χ0v) is 8.34. The molecule has 0 unspecified atom stereocenters. The Morgan fingerprint density at radius 3 is 2.77 bits per heavy atom. The molecule has 0 radical (unpaired) electrons. The van der Waals surface area contributed by atoms with E-state index in [0.29, 0.717) is 0 Å². The molecule has 0 spiro atoms. The average molecular weight is 223 g/mol. The average Bonchev–Trinajstić information content (AvgIpc) is 2.31. The molecular weight excluding hydrogens is 216 g/mol. The van der Waals surface area contributed by atoms with Gasteiger partial charge in [-0.1, -0.05) is 0 Å². The van der Waals surface area contributed by atoms with Crippen LogP contribution < -0.4 is 0 Å². The van der Waals surface area contributed by atoms with Crippen LogP contribution in [0.5, 0.6) is 0 Å². The van der Waals surface area contributed by atoms with Crippen LogP contribution in [0.2, 0.25) is 0 Å². The lowest BCUT2D eigenvalue weighted by Crippen LogP contribution is -2.11. The highest BCUT2D eigenvalue weighted by Gasteiger charge is 2.15. The summed E-state index contributed by atoms with van der Waals surface area (Å²) in [6.45, 7) is -0.191. The van der Waals surface area contributed by atoms with Gasteiger partial charge in [-0.15, -0.1) is 0 Å². The van der Waals surface area contributed by atoms with Gasteiger partial charge < -0.3 is 4.57 Å². The van der Waals surface area contributed by atoms with E-state index in [4.69, 9.17) is 11.6 Å². The van der Waals surface area contributed by atoms with Gasteiger partial charge in [0.05, 0.1) is 6.54 Å². The van der Waals surface area contributed by atoms with Crippen molar-refractivity contribution in [2.24, 2.45) is 0 Å². The number of carbonyl (C=O) groups is 1. The molecule has 0 aliphatic rings. The van der Waals surface area contributed by atoms with Crippen molar-refractivity contribution in [1.82, 2.24) is 9.55 Å². The molecule has 13 heavy (non-hydrogen) atoms. The van der Waals surface area contributed by atoms with Crippen molar-refractivity contribution < 1.29 is 13.2 Å². The predicted octanol–water partition coefficient (Wildman–Crippen LogP) is 0.0520. The van der Waals surface area contributed by atoms with Crippen LogP contribution in [-0.4, -0.2) is 29.5 Å². The van der Waals surface area contributed by atoms with E-state index in [0.717, 1.165) is 6.26 Å². The summed E-state index contributed by atoms with van der Waals surface area (Å²) in [5.74, 6) is 0. The zero-order chi connectivity index (χ0) is 10.1. The molecule has 0 aromatic carbocycles. The monoisotopic (exact) mass is 222 g/mol. The number of carbonyl (C=O) groups excluding carboxylic acids is 1. The number of nitrogens with zero attached hydrogens (tertiary/aromatic N) is 2. The minimum absolute atomic E-state index is 0.151. The third-order valence-corrected chi connectivity index (χ3v) is 2.43. The molecule has 5 nitrogen and oxygen atoms in total. The first-order valence-electron chi connectivity index (χ1n) is 3.31. The molecule has 1 aromatic heterocycles. The van der Waals surface area contributed by atoms with E-state index in [1.807, 2.05) is 0 Å². The van der Waals surface area contributed by atoms with Crippen LogP contribution >= 0.6 is 11.6 Å². The highest BCUT2D eigenvalue weighted by atomic mass is 35.5. The van der Waals surface area contributed by atoms with Gasteiger partial charge in [0, 0.05) is 18.6 Å². The normalized spacial score (nSPS) is 11.5. The summed E-state index contributed by atoms with van der Waals surface area (Å²) in [6, 6.07) is 0. The van der Waals surface area contributed by atoms with E-state index in [-0.39, 0.29) is 11.7 Å². The minimum Gasteiger partial charge on any atom is -0.313 e. The Morgan fingerprint density at radius 1 is 1.69 bits per heavy atom. The largest absolute Gasteiger partial charge is 0.313 e. The van der Waals surface area contributed by atoms with Gasteiger partial charge in [0.15, 0.2) is 0 Å². The van der Waals surface area contributed by atoms with E-state index in [2.05, 4.69) is 4.98 Å². The molecule has 0 aliphatic carbocycles. The standard InChI is InChI=1S/C6H7ClN2O3S/c1-13(11,12)6-8-2-3-9(6)4-5(7)10/h2-3H,4H2,1H3. The fourth-order valence-corrected chi connectivity index (χ4v) is 1.81. The topological polar surface area (TPSA) is 69.0 Å². The van der Waals surface area contributed by atoms with Crippen molar-refractivity contribution in [2.45, 2.75) is 11.7 Å². The fraction of sp³-hybridized carbons (Fsp3) is 0.333. The summed E-state index contributed by atoms with van der Waals surface area (Å²) in [6.07, 6.45) is 3.71. The lowest BCUT2D eigenvalue weighted by molar-refractivity contribution is -0.112. The second-order valence-electron chi connectivity index (χ2n) is 2.47. The summed E-state index contributed by atoms with van der Waals surface area (Å²) in [5, 5.41) is -0.788. The Bertz CT molecular complexity index is 423. The third-order valence-electron chi connectivity index (χ3n) is 1.30. The number of halogens is 1. The summed E-state index contributed by atoms with van der Waals surface area (Å²) < 4.78 is 23.3. The Hall–Kier alpha value is -0.880. The summed E-state index contributed by atoms with van der Waals surface area (Å²) in [7, 11) is -3.39. The van der Waals surface area contributed by atoms with Gasteiger partial charge in [-0.05, 0) is 11.6 Å². The Balaban J connectivity index is 3.11. The van der Waals surface area contributed by atoms with Crippen molar-refractivity contribution >= 4 is 26.7 Å². The maximum absolute atomic E-state index is 11.1. The van der Waals surface area contributed by atoms with Crippen LogP contribution in [0, 0.1) is 0 Å². The highest BCUT2D eigenvalue weighted by molar-refractivity contribution is 7.90. The summed E-state index contributed by atoms with van der Waals surface area (Å²) >= 11 is 5.11. The molecule has 0 saturated heterocycles. The SMILES string of the molecule is CS(=O)(=O)c1nccn1CC(=O)Cl. The van der Waals surface area contributed by atoms with Gasteiger partial charge in [-0.25, -0.2) is 13.4 Å². The number of sulfone groups is 1. The minimum atomic E-state index is -3.39. The van der Waals surface area contributed by atoms with E-state index in [9.17, 15) is 13.2 Å². The maximum atomic E-state index is 11.1. The third kappa shape index (κ3) is 2.53. The second-order valence-corrected chi connectivity index (χ2v) is 4.80. The maximum Gasteiger partial charge on any atom is 0.241 e. The van der Waals surface area contributed by atoms with Gasteiger partial charge in [0.2, 0.25) is 20.2 Å². The van der Waals surface area contributed by atoms with Crippen LogP contribution in [0.1, 0.15) is 0 Å². The molecule has 0 saturated carbocycles. The molecule has 0 aliphatic heterocycles. The molecule has 0 amide bonds. The molecule has 1 rings (SSSR count). The van der Waals surface area contributed by atoms with Crippen molar-refractivity contribution in [3.63, 3.8) is 0 Å². The molecule has 7 heteroatoms. The van der Waals surface area contributed by atoms with Crippen molar-refractivity contribution in [2.75, 3.05) is 6.26 Å². The zero-order valence-electron chi connectivity index (χ0n) is 6.77. The van der Waals surface area contributed by atoms with Crippen molar-refractivity contribution in [3.05, 3.63) is 12.4 Å². The van der Waals surface area contributed by atoms with E-state index in [1.165, 1.54) is 17.0 Å². The molecule has 0 fully saturated rings. The number of hydrogen-bond donors (Lipinski definition) is 0. The predicted molar refractivity (Wildman–Crippen MR) is 46.2 cm³/mol. The summed E-state index contributed by atoms with van der Waals surface area (Å²) in [4.78, 5) is 14.1. The molecule has 72 valence electrons.